The van der Waals surface area contributed by atoms with Gasteiger partial charge in [-0.15, -0.1) is 0 Å². The summed E-state index contributed by atoms with van der Waals surface area (Å²) < 4.78 is 13.2. The summed E-state index contributed by atoms with van der Waals surface area (Å²) in [5, 5.41) is 13.8. The van der Waals surface area contributed by atoms with E-state index in [0.29, 0.717) is 15.6 Å². The van der Waals surface area contributed by atoms with E-state index in [9.17, 15) is 19.3 Å². The molecule has 5 nitrogen and oxygen atoms in total. The van der Waals surface area contributed by atoms with Crippen LogP contribution in [0.1, 0.15) is 5.56 Å². The number of amides is 1. The first-order valence-corrected chi connectivity index (χ1v) is 7.00. The van der Waals surface area contributed by atoms with Gasteiger partial charge in [0.2, 0.25) is 11.7 Å². The number of carbonyl (C=O) groups is 1. The van der Waals surface area contributed by atoms with Crippen LogP contribution in [0.25, 0.3) is 6.08 Å². The van der Waals surface area contributed by atoms with Crippen LogP contribution in [0.4, 0.5) is 15.8 Å². The first-order chi connectivity index (χ1) is 10.9. The fourth-order valence-electron chi connectivity index (χ4n) is 1.70. The van der Waals surface area contributed by atoms with E-state index in [4.69, 9.17) is 23.2 Å². The van der Waals surface area contributed by atoms with Crippen LogP contribution < -0.4 is 5.32 Å². The standard InChI is InChI=1S/C15H9Cl2FN2O3/c16-11-4-1-9(7-12(11)17)2-6-15(21)19-10-3-5-13(18)14(8-10)20(22)23/h1-8H,(H,19,21). The average Bonchev–Trinajstić information content (AvgIpc) is 2.50. The lowest BCUT2D eigenvalue weighted by Gasteiger charge is -2.02. The minimum Gasteiger partial charge on any atom is -0.322 e. The van der Waals surface area contributed by atoms with Gasteiger partial charge in [0.25, 0.3) is 0 Å². The maximum atomic E-state index is 13.2. The Kier molecular flexibility index (Phi) is 5.31. The van der Waals surface area contributed by atoms with Crippen molar-refractivity contribution >= 4 is 46.6 Å². The molecule has 0 atom stereocenters. The topological polar surface area (TPSA) is 72.2 Å². The first kappa shape index (κ1) is 16.9. The van der Waals surface area contributed by atoms with Gasteiger partial charge in [-0.3, -0.25) is 14.9 Å². The second-order valence-corrected chi connectivity index (χ2v) is 5.23. The van der Waals surface area contributed by atoms with E-state index in [-0.39, 0.29) is 5.69 Å². The van der Waals surface area contributed by atoms with E-state index in [1.54, 1.807) is 18.2 Å². The van der Waals surface area contributed by atoms with Crippen molar-refractivity contribution in [1.29, 1.82) is 0 Å². The van der Waals surface area contributed by atoms with Crippen LogP contribution in [-0.4, -0.2) is 10.8 Å². The van der Waals surface area contributed by atoms with E-state index in [1.807, 2.05) is 0 Å². The third kappa shape index (κ3) is 4.51. The predicted molar refractivity (Wildman–Crippen MR) is 87.2 cm³/mol. The summed E-state index contributed by atoms with van der Waals surface area (Å²) >= 11 is 11.6. The number of anilines is 1. The molecule has 2 aromatic carbocycles. The predicted octanol–water partition coefficient (Wildman–Crippen LogP) is 4.69. The highest BCUT2D eigenvalue weighted by atomic mass is 35.5. The van der Waals surface area contributed by atoms with Crippen molar-refractivity contribution in [2.24, 2.45) is 0 Å². The third-order valence-electron chi connectivity index (χ3n) is 2.78. The molecule has 0 spiro atoms. The molecular formula is C15H9Cl2FN2O3. The number of rotatable bonds is 4. The minimum absolute atomic E-state index is 0.113. The highest BCUT2D eigenvalue weighted by Crippen LogP contribution is 2.23. The van der Waals surface area contributed by atoms with Gasteiger partial charge in [0, 0.05) is 17.8 Å². The normalized spacial score (nSPS) is 10.7. The Morgan fingerprint density at radius 3 is 2.57 bits per heavy atom. The Labute approximate surface area is 140 Å². The number of carbonyl (C=O) groups excluding carboxylic acids is 1. The molecule has 0 radical (unpaired) electrons. The fourth-order valence-corrected chi connectivity index (χ4v) is 2.01. The summed E-state index contributed by atoms with van der Waals surface area (Å²) in [7, 11) is 0. The second kappa shape index (κ2) is 7.21. The van der Waals surface area contributed by atoms with E-state index >= 15 is 0 Å². The molecule has 2 rings (SSSR count). The smallest absolute Gasteiger partial charge is 0.306 e. The molecule has 2 aromatic rings. The molecule has 0 saturated carbocycles. The largest absolute Gasteiger partial charge is 0.322 e. The molecule has 23 heavy (non-hydrogen) atoms. The Morgan fingerprint density at radius 2 is 1.91 bits per heavy atom. The molecule has 1 N–H and O–H groups in total. The molecule has 0 aliphatic rings. The Hall–Kier alpha value is -2.44. The molecule has 0 heterocycles. The van der Waals surface area contributed by atoms with Crippen LogP contribution >= 0.6 is 23.2 Å². The van der Waals surface area contributed by atoms with Gasteiger partial charge in [-0.25, -0.2) is 0 Å². The Balaban J connectivity index is 2.10. The molecule has 0 bridgehead atoms. The van der Waals surface area contributed by atoms with Crippen molar-refractivity contribution < 1.29 is 14.1 Å². The maximum absolute atomic E-state index is 13.2. The molecule has 0 fully saturated rings. The van der Waals surface area contributed by atoms with Crippen molar-refractivity contribution in [1.82, 2.24) is 0 Å². The molecule has 8 heteroatoms. The SMILES string of the molecule is O=C(C=Cc1ccc(Cl)c(Cl)c1)Nc1ccc(F)c([N+](=O)[O-])c1. The Morgan fingerprint density at radius 1 is 1.17 bits per heavy atom. The number of hydrogen-bond donors (Lipinski definition) is 1. The van der Waals surface area contributed by atoms with Crippen LogP contribution in [0.15, 0.2) is 42.5 Å². The Bertz CT molecular complexity index is 809. The molecule has 0 saturated heterocycles. The third-order valence-corrected chi connectivity index (χ3v) is 3.52. The van der Waals surface area contributed by atoms with Crippen molar-refractivity contribution in [2.75, 3.05) is 5.32 Å². The second-order valence-electron chi connectivity index (χ2n) is 4.42. The number of halogens is 3. The number of benzene rings is 2. The van der Waals surface area contributed by atoms with Gasteiger partial charge in [0.1, 0.15) is 0 Å². The van der Waals surface area contributed by atoms with E-state index < -0.39 is 22.3 Å². The first-order valence-electron chi connectivity index (χ1n) is 6.25. The van der Waals surface area contributed by atoms with Crippen LogP contribution in [0.2, 0.25) is 10.0 Å². The monoisotopic (exact) mass is 354 g/mol. The van der Waals surface area contributed by atoms with Gasteiger partial charge in [-0.1, -0.05) is 29.3 Å². The van der Waals surface area contributed by atoms with Crippen LogP contribution in [-0.2, 0) is 4.79 Å². The highest BCUT2D eigenvalue weighted by molar-refractivity contribution is 6.42. The fraction of sp³-hybridized carbons (Fsp3) is 0. The van der Waals surface area contributed by atoms with E-state index in [2.05, 4.69) is 5.32 Å². The van der Waals surface area contributed by atoms with Crippen molar-refractivity contribution in [3.63, 3.8) is 0 Å². The molecule has 118 valence electrons. The number of nitrogens with zero attached hydrogens (tertiary/aromatic N) is 1. The minimum atomic E-state index is -0.973. The summed E-state index contributed by atoms with van der Waals surface area (Å²) in [6, 6.07) is 7.92. The number of nitro groups is 1. The molecule has 0 aromatic heterocycles. The summed E-state index contributed by atoms with van der Waals surface area (Å²) in [6.07, 6.45) is 2.71. The maximum Gasteiger partial charge on any atom is 0.306 e. The zero-order chi connectivity index (χ0) is 17.0. The summed E-state index contributed by atoms with van der Waals surface area (Å²) in [4.78, 5) is 21.6. The number of nitro benzene ring substituents is 1. The van der Waals surface area contributed by atoms with Gasteiger partial charge in [-0.05, 0) is 35.9 Å². The summed E-state index contributed by atoms with van der Waals surface area (Å²) in [5.74, 6) is -1.50. The lowest BCUT2D eigenvalue weighted by Crippen LogP contribution is -2.08. The quantitative estimate of drug-likeness (QED) is 0.491. The van der Waals surface area contributed by atoms with Gasteiger partial charge in [0.15, 0.2) is 0 Å². The van der Waals surface area contributed by atoms with Crippen molar-refractivity contribution in [3.8, 4) is 0 Å². The number of nitrogens with one attached hydrogen (secondary N) is 1. The molecular weight excluding hydrogens is 346 g/mol. The van der Waals surface area contributed by atoms with Gasteiger partial charge >= 0.3 is 5.69 Å². The van der Waals surface area contributed by atoms with Crippen molar-refractivity contribution in [2.45, 2.75) is 0 Å². The lowest BCUT2D eigenvalue weighted by atomic mass is 10.2. The zero-order valence-corrected chi connectivity index (χ0v) is 12.9. The molecule has 1 amide bonds. The summed E-state index contributed by atoms with van der Waals surface area (Å²) in [6.45, 7) is 0. The van der Waals surface area contributed by atoms with Gasteiger partial charge in [0.05, 0.1) is 15.0 Å². The average molecular weight is 355 g/mol. The van der Waals surface area contributed by atoms with E-state index in [0.717, 1.165) is 12.1 Å². The van der Waals surface area contributed by atoms with Crippen LogP contribution in [0.5, 0.6) is 0 Å². The molecule has 0 unspecified atom stereocenters. The van der Waals surface area contributed by atoms with Crippen LogP contribution in [0, 0.1) is 15.9 Å². The van der Waals surface area contributed by atoms with E-state index in [1.165, 1.54) is 18.2 Å². The molecule has 0 aliphatic carbocycles. The van der Waals surface area contributed by atoms with Gasteiger partial charge < -0.3 is 5.32 Å². The lowest BCUT2D eigenvalue weighted by molar-refractivity contribution is -0.387. The number of hydrogen-bond acceptors (Lipinski definition) is 3. The highest BCUT2D eigenvalue weighted by Gasteiger charge is 2.14. The zero-order valence-electron chi connectivity index (χ0n) is 11.4. The summed E-state index contributed by atoms with van der Waals surface area (Å²) in [5.41, 5.74) is 0.0535. The van der Waals surface area contributed by atoms with Gasteiger partial charge in [-0.2, -0.15) is 4.39 Å². The van der Waals surface area contributed by atoms with Crippen LogP contribution in [0.3, 0.4) is 0 Å². The van der Waals surface area contributed by atoms with Crippen molar-refractivity contribution in [3.05, 3.63) is 74.0 Å². The molecule has 0 aliphatic heterocycles.